The van der Waals surface area contributed by atoms with Gasteiger partial charge in [-0.25, -0.2) is 0 Å². The van der Waals surface area contributed by atoms with E-state index >= 15 is 0 Å². The molecule has 1 saturated carbocycles. The summed E-state index contributed by atoms with van der Waals surface area (Å²) in [6.45, 7) is 3.04. The Morgan fingerprint density at radius 1 is 1.37 bits per heavy atom. The van der Waals surface area contributed by atoms with E-state index in [0.29, 0.717) is 6.54 Å². The van der Waals surface area contributed by atoms with Crippen molar-refractivity contribution in [2.24, 2.45) is 11.7 Å². The maximum Gasteiger partial charge on any atom is 0.117 e. The second-order valence-electron chi connectivity index (χ2n) is 5.82. The summed E-state index contributed by atoms with van der Waals surface area (Å²) in [6, 6.07) is 8.30. The van der Waals surface area contributed by atoms with E-state index in [0.717, 1.165) is 24.3 Å². The van der Waals surface area contributed by atoms with E-state index in [1.807, 2.05) is 6.07 Å². The number of hydrogen-bond donors (Lipinski definition) is 2. The lowest BCUT2D eigenvalue weighted by molar-refractivity contribution is 0.272. The summed E-state index contributed by atoms with van der Waals surface area (Å²) in [5.41, 5.74) is 7.21. The molecule has 0 atom stereocenters. The maximum atomic E-state index is 6.07. The van der Waals surface area contributed by atoms with Gasteiger partial charge in [-0.05, 0) is 55.3 Å². The lowest BCUT2D eigenvalue weighted by Gasteiger charge is -2.39. The minimum Gasteiger partial charge on any atom is -0.368 e. The quantitative estimate of drug-likeness (QED) is 0.899. The first kappa shape index (κ1) is 12.9. The average molecular weight is 275 g/mol. The number of benzene rings is 1. The van der Waals surface area contributed by atoms with Crippen LogP contribution in [0.2, 0.25) is 0 Å². The van der Waals surface area contributed by atoms with Gasteiger partial charge < -0.3 is 11.1 Å². The van der Waals surface area contributed by atoms with E-state index in [-0.39, 0.29) is 5.54 Å². The van der Waals surface area contributed by atoms with E-state index in [1.54, 1.807) is 11.5 Å². The average Bonchev–Trinajstić information content (AvgIpc) is 2.85. The Balaban J connectivity index is 1.86. The molecule has 1 aliphatic rings. The minimum atomic E-state index is 0.0712. The van der Waals surface area contributed by atoms with Gasteiger partial charge in [0, 0.05) is 11.9 Å². The Kier molecular flexibility index (Phi) is 3.46. The molecule has 0 saturated heterocycles. The first-order valence-corrected chi connectivity index (χ1v) is 7.82. The van der Waals surface area contributed by atoms with E-state index in [2.05, 4.69) is 34.8 Å². The number of rotatable bonds is 3. The van der Waals surface area contributed by atoms with Crippen LogP contribution >= 0.6 is 11.5 Å². The van der Waals surface area contributed by atoms with Gasteiger partial charge in [0.1, 0.15) is 5.00 Å². The molecule has 0 unspecified atom stereocenters. The van der Waals surface area contributed by atoms with Crippen molar-refractivity contribution in [3.05, 3.63) is 24.3 Å². The predicted molar refractivity (Wildman–Crippen MR) is 82.7 cm³/mol. The number of nitrogens with two attached hydrogens (primary N) is 1. The highest BCUT2D eigenvalue weighted by atomic mass is 32.1. The normalized spacial score (nSPS) is 27.6. The van der Waals surface area contributed by atoms with Crippen molar-refractivity contribution in [1.82, 2.24) is 4.37 Å². The Morgan fingerprint density at radius 3 is 2.84 bits per heavy atom. The number of hydrogen-bond acceptors (Lipinski definition) is 4. The van der Waals surface area contributed by atoms with Gasteiger partial charge in [0.2, 0.25) is 0 Å². The first-order chi connectivity index (χ1) is 9.22. The zero-order chi connectivity index (χ0) is 13.3. The molecule has 0 bridgehead atoms. The number of aromatic nitrogens is 1. The van der Waals surface area contributed by atoms with Crippen LogP contribution in [0.1, 0.15) is 32.6 Å². The molecule has 1 heterocycles. The fourth-order valence-electron chi connectivity index (χ4n) is 2.92. The highest BCUT2D eigenvalue weighted by molar-refractivity contribution is 7.11. The molecular formula is C15H21N3S. The van der Waals surface area contributed by atoms with Crippen molar-refractivity contribution in [2.45, 2.75) is 38.1 Å². The lowest BCUT2D eigenvalue weighted by Crippen LogP contribution is -2.47. The van der Waals surface area contributed by atoms with Crippen molar-refractivity contribution < 1.29 is 0 Å². The third kappa shape index (κ3) is 2.47. The van der Waals surface area contributed by atoms with Gasteiger partial charge in [-0.15, -0.1) is 0 Å². The summed E-state index contributed by atoms with van der Waals surface area (Å²) in [7, 11) is 0. The van der Waals surface area contributed by atoms with Crippen molar-refractivity contribution in [1.29, 1.82) is 0 Å². The predicted octanol–water partition coefficient (Wildman–Crippen LogP) is 3.62. The fourth-order valence-corrected chi connectivity index (χ4v) is 3.80. The van der Waals surface area contributed by atoms with Gasteiger partial charge in [-0.3, -0.25) is 0 Å². The zero-order valence-corrected chi connectivity index (χ0v) is 12.2. The molecule has 1 aromatic carbocycles. The Hall–Kier alpha value is -1.13. The smallest absolute Gasteiger partial charge is 0.117 e. The number of anilines is 1. The molecule has 1 aromatic heterocycles. The molecule has 4 heteroatoms. The van der Waals surface area contributed by atoms with Crippen LogP contribution in [0, 0.1) is 5.92 Å². The zero-order valence-electron chi connectivity index (χ0n) is 11.4. The highest BCUT2D eigenvalue weighted by Gasteiger charge is 2.33. The highest BCUT2D eigenvalue weighted by Crippen LogP contribution is 2.37. The maximum absolute atomic E-state index is 6.07. The molecule has 0 amide bonds. The topological polar surface area (TPSA) is 50.9 Å². The Labute approximate surface area is 118 Å². The largest absolute Gasteiger partial charge is 0.368 e. The molecule has 102 valence electrons. The summed E-state index contributed by atoms with van der Waals surface area (Å²) in [5, 5.41) is 6.12. The van der Waals surface area contributed by atoms with Gasteiger partial charge >= 0.3 is 0 Å². The van der Waals surface area contributed by atoms with E-state index in [9.17, 15) is 0 Å². The molecule has 1 fully saturated rings. The summed E-state index contributed by atoms with van der Waals surface area (Å²) in [5.74, 6) is 0.833. The molecule has 3 N–H and O–H groups in total. The minimum absolute atomic E-state index is 0.0712. The van der Waals surface area contributed by atoms with Gasteiger partial charge in [-0.2, -0.15) is 4.37 Å². The fraction of sp³-hybridized carbons (Fsp3) is 0.533. The summed E-state index contributed by atoms with van der Waals surface area (Å²) < 4.78 is 4.50. The first-order valence-electron chi connectivity index (χ1n) is 7.05. The molecule has 3 nitrogen and oxygen atoms in total. The third-order valence-electron chi connectivity index (χ3n) is 4.38. The van der Waals surface area contributed by atoms with Crippen LogP contribution < -0.4 is 11.1 Å². The number of nitrogens with zero attached hydrogens (tertiary/aromatic N) is 1. The Morgan fingerprint density at radius 2 is 2.11 bits per heavy atom. The molecule has 0 radical (unpaired) electrons. The van der Waals surface area contributed by atoms with Crippen LogP contribution in [0.3, 0.4) is 0 Å². The van der Waals surface area contributed by atoms with Gasteiger partial charge in [0.25, 0.3) is 0 Å². The Bertz CT molecular complexity index is 555. The summed E-state index contributed by atoms with van der Waals surface area (Å²) in [6.07, 6.45) is 4.86. The number of fused-ring (bicyclic) bond motifs is 1. The molecule has 0 aliphatic heterocycles. The monoisotopic (exact) mass is 275 g/mol. The van der Waals surface area contributed by atoms with Crippen molar-refractivity contribution in [3.63, 3.8) is 0 Å². The van der Waals surface area contributed by atoms with Gasteiger partial charge in [0.05, 0.1) is 11.1 Å². The van der Waals surface area contributed by atoms with Crippen LogP contribution in [0.15, 0.2) is 24.3 Å². The summed E-state index contributed by atoms with van der Waals surface area (Å²) in [4.78, 5) is 0. The van der Waals surface area contributed by atoms with Crippen LogP contribution in [0.5, 0.6) is 0 Å². The van der Waals surface area contributed by atoms with E-state index in [1.165, 1.54) is 23.2 Å². The van der Waals surface area contributed by atoms with Crippen LogP contribution in [-0.2, 0) is 0 Å². The van der Waals surface area contributed by atoms with Crippen molar-refractivity contribution >= 4 is 27.4 Å². The van der Waals surface area contributed by atoms with Crippen molar-refractivity contribution in [3.8, 4) is 0 Å². The van der Waals surface area contributed by atoms with Gasteiger partial charge in [0.15, 0.2) is 0 Å². The SMILES string of the molecule is CC1CCC(CN)(Nc2snc3ccccc23)CC1. The van der Waals surface area contributed by atoms with Crippen LogP contribution in [0.4, 0.5) is 5.00 Å². The van der Waals surface area contributed by atoms with E-state index < -0.39 is 0 Å². The molecule has 0 spiro atoms. The molecule has 1 aliphatic carbocycles. The van der Waals surface area contributed by atoms with E-state index in [4.69, 9.17) is 5.73 Å². The van der Waals surface area contributed by atoms with Crippen LogP contribution in [-0.4, -0.2) is 16.5 Å². The lowest BCUT2D eigenvalue weighted by atomic mass is 9.77. The molecule has 2 aromatic rings. The standard InChI is InChI=1S/C15H21N3S/c1-11-6-8-15(10-16,9-7-11)17-14-12-4-2-3-5-13(12)18-19-14/h2-5,11,17H,6-10,16H2,1H3. The molecule has 19 heavy (non-hydrogen) atoms. The summed E-state index contributed by atoms with van der Waals surface area (Å²) >= 11 is 1.55. The van der Waals surface area contributed by atoms with Crippen molar-refractivity contribution in [2.75, 3.05) is 11.9 Å². The third-order valence-corrected chi connectivity index (χ3v) is 5.18. The molecule has 3 rings (SSSR count). The van der Waals surface area contributed by atoms with Gasteiger partial charge in [-0.1, -0.05) is 19.1 Å². The number of nitrogens with one attached hydrogen (secondary N) is 1. The second-order valence-corrected chi connectivity index (χ2v) is 6.59. The second kappa shape index (κ2) is 5.10. The molecular weight excluding hydrogens is 254 g/mol. The van der Waals surface area contributed by atoms with Crippen LogP contribution in [0.25, 0.3) is 10.9 Å².